The highest BCUT2D eigenvalue weighted by Crippen LogP contribution is 2.20. The first-order valence-corrected chi connectivity index (χ1v) is 7.68. The summed E-state index contributed by atoms with van der Waals surface area (Å²) < 4.78 is 0. The van der Waals surface area contributed by atoms with E-state index in [4.69, 9.17) is 0 Å². The summed E-state index contributed by atoms with van der Waals surface area (Å²) in [5.74, 6) is 0.584. The summed E-state index contributed by atoms with van der Waals surface area (Å²) >= 11 is 0. The molecule has 1 aromatic heterocycles. The molecule has 2 N–H and O–H groups in total. The number of anilines is 1. The first kappa shape index (κ1) is 15.7. The largest absolute Gasteiger partial charge is 0.366 e. The minimum absolute atomic E-state index is 0.173. The number of carbonyl (C=O) groups excluding carboxylic acids is 1. The van der Waals surface area contributed by atoms with Gasteiger partial charge in [-0.1, -0.05) is 19.3 Å². The third-order valence-corrected chi connectivity index (χ3v) is 3.70. The molecule has 116 valence electrons. The topological polar surface area (TPSA) is 70.2 Å². The lowest BCUT2D eigenvalue weighted by Crippen LogP contribution is -2.32. The molecular formula is C15H25N5O. The maximum absolute atomic E-state index is 11.9. The van der Waals surface area contributed by atoms with Crippen molar-refractivity contribution in [2.24, 2.45) is 0 Å². The van der Waals surface area contributed by atoms with Gasteiger partial charge in [-0.15, -0.1) is 10.2 Å². The Balaban J connectivity index is 1.81. The van der Waals surface area contributed by atoms with E-state index in [-0.39, 0.29) is 5.91 Å². The van der Waals surface area contributed by atoms with Crippen LogP contribution in [0.1, 0.15) is 42.6 Å². The van der Waals surface area contributed by atoms with Crippen molar-refractivity contribution < 1.29 is 4.79 Å². The smallest absolute Gasteiger partial charge is 0.271 e. The number of nitrogens with zero attached hydrogens (tertiary/aromatic N) is 3. The van der Waals surface area contributed by atoms with Crippen LogP contribution < -0.4 is 10.6 Å². The van der Waals surface area contributed by atoms with Crippen LogP contribution in [-0.4, -0.2) is 54.2 Å². The number of aromatic nitrogens is 2. The Morgan fingerprint density at radius 1 is 1.24 bits per heavy atom. The lowest BCUT2D eigenvalue weighted by atomic mass is 9.95. The Morgan fingerprint density at radius 3 is 2.62 bits per heavy atom. The maximum Gasteiger partial charge on any atom is 0.271 e. The molecule has 1 aromatic rings. The average Bonchev–Trinajstić information content (AvgIpc) is 2.48. The first-order chi connectivity index (χ1) is 10.1. The summed E-state index contributed by atoms with van der Waals surface area (Å²) in [5, 5.41) is 14.3. The van der Waals surface area contributed by atoms with Crippen LogP contribution in [0.15, 0.2) is 12.1 Å². The SMILES string of the molecule is CN(C)CCNC(=O)c1ccc(NC2CCCCC2)nn1. The summed E-state index contributed by atoms with van der Waals surface area (Å²) in [5.41, 5.74) is 0.364. The third kappa shape index (κ3) is 5.30. The fraction of sp³-hybridized carbons (Fsp3) is 0.667. The van der Waals surface area contributed by atoms with Crippen LogP contribution in [0, 0.1) is 0 Å². The van der Waals surface area contributed by atoms with Gasteiger partial charge in [0, 0.05) is 19.1 Å². The van der Waals surface area contributed by atoms with E-state index >= 15 is 0 Å². The van der Waals surface area contributed by atoms with Crippen LogP contribution in [0.25, 0.3) is 0 Å². The summed E-state index contributed by atoms with van der Waals surface area (Å²) in [4.78, 5) is 13.9. The first-order valence-electron chi connectivity index (χ1n) is 7.68. The Labute approximate surface area is 126 Å². The van der Waals surface area contributed by atoms with Crippen molar-refractivity contribution in [1.29, 1.82) is 0 Å². The highest BCUT2D eigenvalue weighted by molar-refractivity contribution is 5.92. The molecule has 0 spiro atoms. The Bertz CT molecular complexity index is 440. The lowest BCUT2D eigenvalue weighted by Gasteiger charge is -2.22. The van der Waals surface area contributed by atoms with Crippen molar-refractivity contribution in [3.8, 4) is 0 Å². The van der Waals surface area contributed by atoms with Crippen LogP contribution >= 0.6 is 0 Å². The molecule has 1 fully saturated rings. The fourth-order valence-corrected chi connectivity index (χ4v) is 2.47. The molecular weight excluding hydrogens is 266 g/mol. The van der Waals surface area contributed by atoms with Crippen LogP contribution in [0.3, 0.4) is 0 Å². The van der Waals surface area contributed by atoms with Crippen LogP contribution in [0.4, 0.5) is 5.82 Å². The molecule has 0 aliphatic heterocycles. The second-order valence-corrected chi connectivity index (χ2v) is 5.84. The molecule has 1 saturated carbocycles. The van der Waals surface area contributed by atoms with Crippen molar-refractivity contribution in [2.45, 2.75) is 38.1 Å². The molecule has 6 heteroatoms. The third-order valence-electron chi connectivity index (χ3n) is 3.70. The fourth-order valence-electron chi connectivity index (χ4n) is 2.47. The van der Waals surface area contributed by atoms with Crippen LogP contribution in [0.5, 0.6) is 0 Å². The molecule has 1 aliphatic rings. The molecule has 2 rings (SSSR count). The summed E-state index contributed by atoms with van der Waals surface area (Å²) in [6.45, 7) is 1.41. The van der Waals surface area contributed by atoms with Crippen molar-refractivity contribution in [3.63, 3.8) is 0 Å². The average molecular weight is 291 g/mol. The summed E-state index contributed by atoms with van der Waals surface area (Å²) in [6.07, 6.45) is 6.26. The number of hydrogen-bond donors (Lipinski definition) is 2. The molecule has 0 radical (unpaired) electrons. The zero-order valence-corrected chi connectivity index (χ0v) is 12.9. The van der Waals surface area contributed by atoms with Gasteiger partial charge in [-0.3, -0.25) is 4.79 Å². The molecule has 0 bridgehead atoms. The molecule has 6 nitrogen and oxygen atoms in total. The number of carbonyl (C=O) groups is 1. The van der Waals surface area contributed by atoms with Crippen molar-refractivity contribution in [3.05, 3.63) is 17.8 Å². The van der Waals surface area contributed by atoms with Gasteiger partial charge in [0.1, 0.15) is 5.82 Å². The standard InChI is InChI=1S/C15H25N5O/c1-20(2)11-10-16-15(21)13-8-9-14(19-18-13)17-12-6-4-3-5-7-12/h8-9,12H,3-7,10-11H2,1-2H3,(H,16,21)(H,17,19). The van der Waals surface area contributed by atoms with E-state index < -0.39 is 0 Å². The summed E-state index contributed by atoms with van der Waals surface area (Å²) in [7, 11) is 3.94. The monoisotopic (exact) mass is 291 g/mol. The molecule has 0 atom stereocenters. The van der Waals surface area contributed by atoms with Crippen LogP contribution in [0.2, 0.25) is 0 Å². The highest BCUT2D eigenvalue weighted by Gasteiger charge is 2.14. The van der Waals surface area contributed by atoms with Crippen molar-refractivity contribution in [2.75, 3.05) is 32.5 Å². The van der Waals surface area contributed by atoms with Gasteiger partial charge in [0.05, 0.1) is 0 Å². The van der Waals surface area contributed by atoms with Gasteiger partial charge in [-0.2, -0.15) is 0 Å². The van der Waals surface area contributed by atoms with E-state index in [2.05, 4.69) is 20.8 Å². The van der Waals surface area contributed by atoms with E-state index in [1.54, 1.807) is 6.07 Å². The predicted molar refractivity (Wildman–Crippen MR) is 83.4 cm³/mol. The number of nitrogens with one attached hydrogen (secondary N) is 2. The van der Waals surface area contributed by atoms with Gasteiger partial charge >= 0.3 is 0 Å². The minimum Gasteiger partial charge on any atom is -0.366 e. The lowest BCUT2D eigenvalue weighted by molar-refractivity contribution is 0.0945. The molecule has 0 unspecified atom stereocenters. The molecule has 21 heavy (non-hydrogen) atoms. The predicted octanol–water partition coefficient (Wildman–Crippen LogP) is 1.51. The van der Waals surface area contributed by atoms with E-state index in [1.807, 2.05) is 25.1 Å². The molecule has 1 amide bonds. The van der Waals surface area contributed by atoms with Gasteiger partial charge in [0.2, 0.25) is 0 Å². The highest BCUT2D eigenvalue weighted by atomic mass is 16.1. The van der Waals surface area contributed by atoms with Gasteiger partial charge < -0.3 is 15.5 Å². The van der Waals surface area contributed by atoms with E-state index in [9.17, 15) is 4.79 Å². The maximum atomic E-state index is 11.9. The van der Waals surface area contributed by atoms with Gasteiger partial charge in [0.15, 0.2) is 5.69 Å². The van der Waals surface area contributed by atoms with E-state index in [0.29, 0.717) is 18.3 Å². The Morgan fingerprint density at radius 2 is 2.00 bits per heavy atom. The van der Waals surface area contributed by atoms with Gasteiger partial charge in [-0.05, 0) is 39.1 Å². The molecule has 1 aliphatic carbocycles. The number of amides is 1. The normalized spacial score (nSPS) is 16.0. The minimum atomic E-state index is -0.173. The second-order valence-electron chi connectivity index (χ2n) is 5.84. The Kier molecular flexibility index (Phi) is 5.92. The number of likely N-dealkylation sites (N-methyl/N-ethyl adjacent to an activating group) is 1. The van der Waals surface area contributed by atoms with Crippen molar-refractivity contribution in [1.82, 2.24) is 20.4 Å². The molecule has 1 heterocycles. The second kappa shape index (κ2) is 7.93. The zero-order chi connectivity index (χ0) is 15.1. The summed E-state index contributed by atoms with van der Waals surface area (Å²) in [6, 6.07) is 4.05. The quantitative estimate of drug-likeness (QED) is 0.831. The molecule has 0 saturated heterocycles. The van der Waals surface area contributed by atoms with E-state index in [1.165, 1.54) is 32.1 Å². The number of rotatable bonds is 6. The van der Waals surface area contributed by atoms with E-state index in [0.717, 1.165) is 12.4 Å². The van der Waals surface area contributed by atoms with Crippen molar-refractivity contribution >= 4 is 11.7 Å². The van der Waals surface area contributed by atoms with Gasteiger partial charge in [0.25, 0.3) is 5.91 Å². The van der Waals surface area contributed by atoms with Gasteiger partial charge in [-0.25, -0.2) is 0 Å². The molecule has 0 aromatic carbocycles. The van der Waals surface area contributed by atoms with Crippen LogP contribution in [-0.2, 0) is 0 Å². The number of hydrogen-bond acceptors (Lipinski definition) is 5. The Hall–Kier alpha value is -1.69. The zero-order valence-electron chi connectivity index (χ0n) is 12.9.